The molecule has 1 nitrogen and oxygen atoms in total. The lowest BCUT2D eigenvalue weighted by molar-refractivity contribution is 0.501. The average molecular weight is 201 g/mol. The summed E-state index contributed by atoms with van der Waals surface area (Å²) < 4.78 is 50.6. The molecule has 0 spiro atoms. The predicted octanol–water partition coefficient (Wildman–Crippen LogP) is 3.10. The second-order valence-electron chi connectivity index (χ2n) is 2.34. The van der Waals surface area contributed by atoms with Crippen LogP contribution in [0.3, 0.4) is 0 Å². The van der Waals surface area contributed by atoms with Crippen LogP contribution < -0.4 is 0 Å². The summed E-state index contributed by atoms with van der Waals surface area (Å²) >= 11 is 0. The standard InChI is InChI=1S/C9H3F4N/c10-6-3-1-2-5(8(6)12)9(13)7(11)4-14/h1-3H. The Bertz CT molecular complexity index is 431. The normalized spacial score (nSPS) is 11.9. The van der Waals surface area contributed by atoms with Crippen LogP contribution in [0, 0.1) is 23.0 Å². The number of nitriles is 1. The third kappa shape index (κ3) is 1.74. The Morgan fingerprint density at radius 2 is 1.86 bits per heavy atom. The summed E-state index contributed by atoms with van der Waals surface area (Å²) in [5.74, 6) is -6.31. The fourth-order valence-corrected chi connectivity index (χ4v) is 0.841. The second-order valence-corrected chi connectivity index (χ2v) is 2.34. The number of hydrogen-bond donors (Lipinski definition) is 0. The first-order valence-corrected chi connectivity index (χ1v) is 3.47. The SMILES string of the molecule is N#CC(F)=C(F)c1cccc(F)c1F. The highest BCUT2D eigenvalue weighted by Crippen LogP contribution is 2.24. The summed E-state index contributed by atoms with van der Waals surface area (Å²) in [4.78, 5) is 0. The maximum Gasteiger partial charge on any atom is 0.236 e. The zero-order chi connectivity index (χ0) is 10.7. The first-order chi connectivity index (χ1) is 6.57. The molecular weight excluding hydrogens is 198 g/mol. The highest BCUT2D eigenvalue weighted by Gasteiger charge is 2.15. The van der Waals surface area contributed by atoms with Crippen LogP contribution >= 0.6 is 0 Å². The lowest BCUT2D eigenvalue weighted by Gasteiger charge is -1.99. The molecule has 0 unspecified atom stereocenters. The molecule has 0 atom stereocenters. The van der Waals surface area contributed by atoms with Crippen LogP contribution in [0.5, 0.6) is 0 Å². The van der Waals surface area contributed by atoms with Gasteiger partial charge in [-0.1, -0.05) is 6.07 Å². The van der Waals surface area contributed by atoms with E-state index in [1.165, 1.54) is 0 Å². The molecule has 0 saturated carbocycles. The van der Waals surface area contributed by atoms with E-state index in [1.807, 2.05) is 0 Å². The van der Waals surface area contributed by atoms with Gasteiger partial charge in [-0.2, -0.15) is 9.65 Å². The Labute approximate surface area is 76.9 Å². The fraction of sp³-hybridized carbons (Fsp3) is 0. The summed E-state index contributed by atoms with van der Waals surface area (Å²) in [6.07, 6.45) is 0. The smallest absolute Gasteiger partial charge is 0.204 e. The molecule has 0 saturated heterocycles. The van der Waals surface area contributed by atoms with Gasteiger partial charge in [0.05, 0.1) is 5.56 Å². The largest absolute Gasteiger partial charge is 0.236 e. The molecule has 0 aliphatic heterocycles. The topological polar surface area (TPSA) is 23.8 Å². The molecule has 72 valence electrons. The highest BCUT2D eigenvalue weighted by molar-refractivity contribution is 5.64. The van der Waals surface area contributed by atoms with Crippen molar-refractivity contribution in [3.05, 3.63) is 41.2 Å². The van der Waals surface area contributed by atoms with Crippen molar-refractivity contribution in [3.8, 4) is 6.07 Å². The van der Waals surface area contributed by atoms with Crippen molar-refractivity contribution >= 4 is 5.83 Å². The Balaban J connectivity index is 3.36. The molecule has 0 aliphatic rings. The van der Waals surface area contributed by atoms with Crippen LogP contribution in [-0.2, 0) is 0 Å². The molecule has 0 aliphatic carbocycles. The van der Waals surface area contributed by atoms with E-state index in [9.17, 15) is 17.6 Å². The summed E-state index contributed by atoms with van der Waals surface area (Å²) in [5, 5.41) is 7.99. The minimum absolute atomic E-state index is 0.760. The molecule has 0 fully saturated rings. The zero-order valence-corrected chi connectivity index (χ0v) is 6.69. The Morgan fingerprint density at radius 1 is 1.21 bits per heavy atom. The number of benzene rings is 1. The van der Waals surface area contributed by atoms with Crippen LogP contribution in [0.15, 0.2) is 24.0 Å². The molecule has 0 radical (unpaired) electrons. The molecule has 5 heteroatoms. The van der Waals surface area contributed by atoms with Crippen LogP contribution in [0.1, 0.15) is 5.56 Å². The summed E-state index contributed by atoms with van der Waals surface area (Å²) in [6, 6.07) is 3.47. The van der Waals surface area contributed by atoms with Crippen molar-refractivity contribution in [1.82, 2.24) is 0 Å². The minimum Gasteiger partial charge on any atom is -0.204 e. The maximum absolute atomic E-state index is 12.8. The van der Waals surface area contributed by atoms with E-state index in [1.54, 1.807) is 0 Å². The van der Waals surface area contributed by atoms with Gasteiger partial charge in [-0.25, -0.2) is 13.2 Å². The van der Waals surface area contributed by atoms with Crippen LogP contribution in [0.2, 0.25) is 0 Å². The molecule has 1 aromatic carbocycles. The van der Waals surface area contributed by atoms with E-state index in [-0.39, 0.29) is 0 Å². The average Bonchev–Trinajstić information content (AvgIpc) is 2.20. The van der Waals surface area contributed by atoms with Gasteiger partial charge < -0.3 is 0 Å². The van der Waals surface area contributed by atoms with Gasteiger partial charge in [0.1, 0.15) is 6.07 Å². The summed E-state index contributed by atoms with van der Waals surface area (Å²) in [5.41, 5.74) is -0.899. The second kappa shape index (κ2) is 3.92. The van der Waals surface area contributed by atoms with Crippen LogP contribution in [-0.4, -0.2) is 0 Å². The Hall–Kier alpha value is -1.83. The van der Waals surface area contributed by atoms with E-state index in [4.69, 9.17) is 5.26 Å². The van der Waals surface area contributed by atoms with E-state index in [2.05, 4.69) is 0 Å². The van der Waals surface area contributed by atoms with Crippen molar-refractivity contribution in [2.75, 3.05) is 0 Å². The maximum atomic E-state index is 12.8. The van der Waals surface area contributed by atoms with Gasteiger partial charge >= 0.3 is 0 Å². The van der Waals surface area contributed by atoms with Crippen molar-refractivity contribution in [3.63, 3.8) is 0 Å². The lowest BCUT2D eigenvalue weighted by Crippen LogP contribution is -1.91. The molecule has 0 aromatic heterocycles. The molecule has 1 rings (SSSR count). The first kappa shape index (κ1) is 10.3. The molecule has 0 amide bonds. The third-order valence-electron chi connectivity index (χ3n) is 1.48. The van der Waals surface area contributed by atoms with Crippen LogP contribution in [0.25, 0.3) is 5.83 Å². The third-order valence-corrected chi connectivity index (χ3v) is 1.48. The van der Waals surface area contributed by atoms with E-state index < -0.39 is 28.9 Å². The predicted molar refractivity (Wildman–Crippen MR) is 41.1 cm³/mol. The van der Waals surface area contributed by atoms with Crippen molar-refractivity contribution in [2.24, 2.45) is 0 Å². The number of rotatable bonds is 1. The fourth-order valence-electron chi connectivity index (χ4n) is 0.841. The zero-order valence-electron chi connectivity index (χ0n) is 6.69. The van der Waals surface area contributed by atoms with Gasteiger partial charge in [-0.15, -0.1) is 0 Å². The quantitative estimate of drug-likeness (QED) is 0.505. The van der Waals surface area contributed by atoms with Crippen molar-refractivity contribution in [2.45, 2.75) is 0 Å². The van der Waals surface area contributed by atoms with Gasteiger partial charge in [0.2, 0.25) is 5.83 Å². The molecule has 0 bridgehead atoms. The monoisotopic (exact) mass is 201 g/mol. The highest BCUT2D eigenvalue weighted by atomic mass is 19.2. The number of allylic oxidation sites excluding steroid dienone is 1. The van der Waals surface area contributed by atoms with Crippen LogP contribution in [0.4, 0.5) is 17.6 Å². The molecule has 14 heavy (non-hydrogen) atoms. The van der Waals surface area contributed by atoms with Gasteiger partial charge in [0.25, 0.3) is 0 Å². The molecule has 0 heterocycles. The van der Waals surface area contributed by atoms with Gasteiger partial charge in [0, 0.05) is 0 Å². The number of hydrogen-bond acceptors (Lipinski definition) is 1. The van der Waals surface area contributed by atoms with E-state index >= 15 is 0 Å². The van der Waals surface area contributed by atoms with Crippen molar-refractivity contribution < 1.29 is 17.6 Å². The first-order valence-electron chi connectivity index (χ1n) is 3.47. The summed E-state index contributed by atoms with van der Waals surface area (Å²) in [6.45, 7) is 0. The Kier molecular flexibility index (Phi) is 2.87. The summed E-state index contributed by atoms with van der Waals surface area (Å²) in [7, 11) is 0. The van der Waals surface area contributed by atoms with Gasteiger partial charge in [0.15, 0.2) is 17.5 Å². The lowest BCUT2D eigenvalue weighted by atomic mass is 10.1. The Morgan fingerprint density at radius 3 is 2.43 bits per heavy atom. The minimum atomic E-state index is -1.78. The van der Waals surface area contributed by atoms with Gasteiger partial charge in [-0.05, 0) is 12.1 Å². The van der Waals surface area contributed by atoms with Crippen molar-refractivity contribution in [1.29, 1.82) is 5.26 Å². The number of halogens is 4. The molecule has 1 aromatic rings. The molecule has 0 N–H and O–H groups in total. The number of nitrogens with zero attached hydrogens (tertiary/aromatic N) is 1. The van der Waals surface area contributed by atoms with E-state index in [0.29, 0.717) is 0 Å². The van der Waals surface area contributed by atoms with E-state index in [0.717, 1.165) is 24.3 Å². The molecular formula is C9H3F4N. The van der Waals surface area contributed by atoms with Gasteiger partial charge in [-0.3, -0.25) is 0 Å².